The summed E-state index contributed by atoms with van der Waals surface area (Å²) in [6.45, 7) is 17.8. The first kappa shape index (κ1) is 25.9. The quantitative estimate of drug-likeness (QED) is 0.597. The summed E-state index contributed by atoms with van der Waals surface area (Å²) >= 11 is 6.53. The second-order valence-corrected chi connectivity index (χ2v) is 11.4. The average Bonchev–Trinajstić information content (AvgIpc) is 2.86. The van der Waals surface area contributed by atoms with Crippen LogP contribution in [-0.4, -0.2) is 64.9 Å². The number of ether oxygens (including phenoxy) is 1. The average molecular weight is 479 g/mol. The van der Waals surface area contributed by atoms with E-state index < -0.39 is 30.0 Å². The molecule has 2 atom stereocenters. The molecule has 7 nitrogen and oxygen atoms in total. The molecule has 2 unspecified atom stereocenters. The lowest BCUT2D eigenvalue weighted by atomic mass is 9.77. The van der Waals surface area contributed by atoms with E-state index >= 15 is 0 Å². The predicted octanol–water partition coefficient (Wildman–Crippen LogP) is 4.17. The van der Waals surface area contributed by atoms with E-state index in [0.717, 1.165) is 11.0 Å². The predicted molar refractivity (Wildman–Crippen MR) is 130 cm³/mol. The lowest BCUT2D eigenvalue weighted by Crippen LogP contribution is -2.57. The van der Waals surface area contributed by atoms with Crippen LogP contribution in [0.2, 0.25) is 5.02 Å². The van der Waals surface area contributed by atoms with E-state index in [1.807, 2.05) is 73.6 Å². The molecule has 2 fully saturated rings. The van der Waals surface area contributed by atoms with Crippen molar-refractivity contribution in [1.29, 1.82) is 0 Å². The SMILES string of the molecule is CC(=O)N1CCN(C(=O)OC(C)(C)C)C(C)C1c1cc(Cl)cc(B2OC(C)(C)C(C)(C)O2)c1. The van der Waals surface area contributed by atoms with Crippen molar-refractivity contribution in [2.24, 2.45) is 0 Å². The molecule has 1 aromatic carbocycles. The van der Waals surface area contributed by atoms with E-state index in [-0.39, 0.29) is 18.0 Å². The fraction of sp³-hybridized carbons (Fsp3) is 0.667. The Labute approximate surface area is 202 Å². The van der Waals surface area contributed by atoms with Crippen LogP contribution in [0.5, 0.6) is 0 Å². The molecule has 0 spiro atoms. The van der Waals surface area contributed by atoms with E-state index in [1.54, 1.807) is 16.7 Å². The zero-order valence-electron chi connectivity index (χ0n) is 21.2. The molecular formula is C24H36BClN2O5. The van der Waals surface area contributed by atoms with Gasteiger partial charge in [0, 0.05) is 25.0 Å². The van der Waals surface area contributed by atoms with Crippen LogP contribution in [0.25, 0.3) is 0 Å². The number of nitrogens with zero attached hydrogens (tertiary/aromatic N) is 2. The monoisotopic (exact) mass is 478 g/mol. The van der Waals surface area contributed by atoms with E-state index in [2.05, 4.69) is 0 Å². The first-order chi connectivity index (χ1) is 15.0. The van der Waals surface area contributed by atoms with Gasteiger partial charge in [-0.2, -0.15) is 0 Å². The minimum Gasteiger partial charge on any atom is -0.444 e. The Morgan fingerprint density at radius 1 is 1.06 bits per heavy atom. The van der Waals surface area contributed by atoms with E-state index in [4.69, 9.17) is 25.6 Å². The van der Waals surface area contributed by atoms with E-state index in [9.17, 15) is 9.59 Å². The maximum atomic E-state index is 12.9. The summed E-state index contributed by atoms with van der Waals surface area (Å²) in [5.74, 6) is -0.0622. The van der Waals surface area contributed by atoms with Crippen LogP contribution in [0.1, 0.15) is 73.9 Å². The van der Waals surface area contributed by atoms with Gasteiger partial charge in [-0.25, -0.2) is 4.79 Å². The molecule has 0 N–H and O–H groups in total. The van der Waals surface area contributed by atoms with E-state index in [0.29, 0.717) is 18.1 Å². The maximum absolute atomic E-state index is 12.9. The minimum absolute atomic E-state index is 0.0622. The van der Waals surface area contributed by atoms with Crippen LogP contribution < -0.4 is 5.46 Å². The molecule has 3 rings (SSSR count). The van der Waals surface area contributed by atoms with Gasteiger partial charge in [0.1, 0.15) is 5.60 Å². The number of halogens is 1. The van der Waals surface area contributed by atoms with Crippen molar-refractivity contribution in [2.75, 3.05) is 13.1 Å². The summed E-state index contributed by atoms with van der Waals surface area (Å²) in [5.41, 5.74) is 0.0164. The zero-order valence-corrected chi connectivity index (χ0v) is 21.9. The highest BCUT2D eigenvalue weighted by molar-refractivity contribution is 6.62. The maximum Gasteiger partial charge on any atom is 0.494 e. The van der Waals surface area contributed by atoms with Gasteiger partial charge < -0.3 is 23.8 Å². The summed E-state index contributed by atoms with van der Waals surface area (Å²) in [6.07, 6.45) is -0.392. The van der Waals surface area contributed by atoms with Crippen molar-refractivity contribution in [3.8, 4) is 0 Å². The van der Waals surface area contributed by atoms with Gasteiger partial charge in [-0.05, 0) is 78.5 Å². The summed E-state index contributed by atoms with van der Waals surface area (Å²) in [6, 6.07) is 4.92. The Bertz CT molecular complexity index is 914. The molecule has 0 aromatic heterocycles. The van der Waals surface area contributed by atoms with Crippen LogP contribution in [-0.2, 0) is 18.8 Å². The van der Waals surface area contributed by atoms with Crippen LogP contribution in [0.15, 0.2) is 18.2 Å². The second kappa shape index (κ2) is 8.79. The lowest BCUT2D eigenvalue weighted by molar-refractivity contribution is -0.136. The Morgan fingerprint density at radius 3 is 2.12 bits per heavy atom. The number of carbonyl (C=O) groups is 2. The molecule has 0 aliphatic carbocycles. The molecule has 2 aliphatic heterocycles. The number of amides is 2. The van der Waals surface area contributed by atoms with Gasteiger partial charge in [-0.3, -0.25) is 4.79 Å². The van der Waals surface area contributed by atoms with Gasteiger partial charge in [-0.15, -0.1) is 0 Å². The van der Waals surface area contributed by atoms with Crippen molar-refractivity contribution in [1.82, 2.24) is 9.80 Å². The van der Waals surface area contributed by atoms with Gasteiger partial charge in [0.05, 0.1) is 23.3 Å². The normalized spacial score (nSPS) is 24.7. The summed E-state index contributed by atoms with van der Waals surface area (Å²) in [5, 5.41) is 0.516. The van der Waals surface area contributed by atoms with Crippen LogP contribution in [0, 0.1) is 0 Å². The molecule has 2 amide bonds. The van der Waals surface area contributed by atoms with Crippen molar-refractivity contribution >= 4 is 36.2 Å². The van der Waals surface area contributed by atoms with Crippen LogP contribution in [0.3, 0.4) is 0 Å². The second-order valence-electron chi connectivity index (χ2n) is 11.0. The standard InChI is InChI=1S/C24H36BClN2O5/c1-15-20(28(16(2)29)11-10-27(15)21(30)31-22(3,4)5)17-12-18(14-19(26)13-17)25-32-23(6,7)24(8,9)33-25/h12-15,20H,10-11H2,1-9H3. The van der Waals surface area contributed by atoms with Gasteiger partial charge >= 0.3 is 13.2 Å². The Morgan fingerprint density at radius 2 is 1.61 bits per heavy atom. The first-order valence-electron chi connectivity index (χ1n) is 11.5. The number of piperazine rings is 1. The molecule has 2 aliphatic rings. The zero-order chi connectivity index (χ0) is 24.9. The molecule has 182 valence electrons. The highest BCUT2D eigenvalue weighted by Crippen LogP contribution is 2.38. The lowest BCUT2D eigenvalue weighted by Gasteiger charge is -2.46. The Hall–Kier alpha value is -1.77. The van der Waals surface area contributed by atoms with Crippen molar-refractivity contribution < 1.29 is 23.6 Å². The summed E-state index contributed by atoms with van der Waals surface area (Å²) in [4.78, 5) is 28.9. The summed E-state index contributed by atoms with van der Waals surface area (Å²) < 4.78 is 18.1. The Kier molecular flexibility index (Phi) is 6.88. The fourth-order valence-corrected chi connectivity index (χ4v) is 4.55. The number of hydrogen-bond donors (Lipinski definition) is 0. The fourth-order valence-electron chi connectivity index (χ4n) is 4.30. The summed E-state index contributed by atoms with van der Waals surface area (Å²) in [7, 11) is -0.584. The van der Waals surface area contributed by atoms with Gasteiger partial charge in [0.15, 0.2) is 0 Å². The number of benzene rings is 1. The van der Waals surface area contributed by atoms with Gasteiger partial charge in [0.25, 0.3) is 0 Å². The largest absolute Gasteiger partial charge is 0.494 e. The molecule has 33 heavy (non-hydrogen) atoms. The van der Waals surface area contributed by atoms with Crippen LogP contribution in [0.4, 0.5) is 4.79 Å². The Balaban J connectivity index is 1.98. The minimum atomic E-state index is -0.607. The smallest absolute Gasteiger partial charge is 0.444 e. The number of hydrogen-bond acceptors (Lipinski definition) is 5. The topological polar surface area (TPSA) is 68.3 Å². The molecule has 2 heterocycles. The van der Waals surface area contributed by atoms with Gasteiger partial charge in [0.2, 0.25) is 5.91 Å². The highest BCUT2D eigenvalue weighted by atomic mass is 35.5. The van der Waals surface area contributed by atoms with Crippen molar-refractivity contribution in [3.05, 3.63) is 28.8 Å². The van der Waals surface area contributed by atoms with E-state index in [1.165, 1.54) is 0 Å². The first-order valence-corrected chi connectivity index (χ1v) is 11.8. The van der Waals surface area contributed by atoms with Crippen molar-refractivity contribution in [3.63, 3.8) is 0 Å². The molecule has 9 heteroatoms. The number of rotatable bonds is 2. The highest BCUT2D eigenvalue weighted by Gasteiger charge is 2.52. The third-order valence-corrected chi connectivity index (χ3v) is 6.93. The third kappa shape index (κ3) is 5.33. The molecule has 0 bridgehead atoms. The molecule has 1 aromatic rings. The van der Waals surface area contributed by atoms with Crippen molar-refractivity contribution in [2.45, 2.75) is 91.2 Å². The van der Waals surface area contributed by atoms with Crippen LogP contribution >= 0.6 is 11.6 Å². The third-order valence-electron chi connectivity index (χ3n) is 6.71. The molecule has 0 saturated carbocycles. The molecule has 2 saturated heterocycles. The number of carbonyl (C=O) groups excluding carboxylic acids is 2. The van der Waals surface area contributed by atoms with Gasteiger partial charge in [-0.1, -0.05) is 17.7 Å². The molecular weight excluding hydrogens is 443 g/mol. The molecule has 0 radical (unpaired) electrons.